The zero-order valence-electron chi connectivity index (χ0n) is 17.5. The molecule has 0 saturated heterocycles. The average molecular weight is 418 g/mol. The molecule has 2 atom stereocenters. The number of hydrogen-bond acceptors (Lipinski definition) is 5. The first-order valence-corrected chi connectivity index (χ1v) is 10.1. The number of aromatic nitrogens is 1. The van der Waals surface area contributed by atoms with Crippen LogP contribution in [0.3, 0.4) is 0 Å². The van der Waals surface area contributed by atoms with Crippen molar-refractivity contribution in [3.05, 3.63) is 89.7 Å². The lowest BCUT2D eigenvalue weighted by atomic mass is 10.0. The van der Waals surface area contributed by atoms with E-state index in [0.29, 0.717) is 23.4 Å². The van der Waals surface area contributed by atoms with Crippen molar-refractivity contribution in [2.24, 2.45) is 0 Å². The predicted molar refractivity (Wildman–Crippen MR) is 121 cm³/mol. The number of carbonyl (C=O) groups is 2. The first-order valence-electron chi connectivity index (χ1n) is 10.1. The Labute approximate surface area is 181 Å². The smallest absolute Gasteiger partial charge is 0.408 e. The van der Waals surface area contributed by atoms with Crippen LogP contribution in [0.2, 0.25) is 0 Å². The molecule has 3 rings (SSSR count). The summed E-state index contributed by atoms with van der Waals surface area (Å²) < 4.78 is 5.60. The number of pyridine rings is 1. The fourth-order valence-electron chi connectivity index (χ4n) is 3.10. The third-order valence-corrected chi connectivity index (χ3v) is 4.89. The molecule has 3 aromatic rings. The molecular weight excluding hydrogens is 392 g/mol. The molecule has 0 aliphatic carbocycles. The maximum absolute atomic E-state index is 12.5. The second-order valence-electron chi connectivity index (χ2n) is 7.12. The number of benzene rings is 2. The van der Waals surface area contributed by atoms with Crippen molar-refractivity contribution in [3.63, 3.8) is 0 Å². The number of nitrogens with two attached hydrogens (primary N) is 1. The number of nitrogens with zero attached hydrogens (tertiary/aromatic N) is 1. The number of rotatable bonds is 7. The Hall–Kier alpha value is -3.87. The zero-order chi connectivity index (χ0) is 22.2. The van der Waals surface area contributed by atoms with Gasteiger partial charge in [0.1, 0.15) is 6.10 Å². The van der Waals surface area contributed by atoms with Gasteiger partial charge >= 0.3 is 6.09 Å². The number of nitrogens with one attached hydrogen (secondary N) is 2. The SMILES string of the molecule is CC[C@H](OC(=O)N[C@@H](C)c1cccnc1)c1ccc(C(=O)Nc2ccccc2N)cc1. The fourth-order valence-corrected chi connectivity index (χ4v) is 3.10. The summed E-state index contributed by atoms with van der Waals surface area (Å²) in [6, 6.07) is 17.5. The third-order valence-electron chi connectivity index (χ3n) is 4.89. The second-order valence-corrected chi connectivity index (χ2v) is 7.12. The monoisotopic (exact) mass is 418 g/mol. The minimum atomic E-state index is -0.510. The van der Waals surface area contributed by atoms with Crippen molar-refractivity contribution in [1.29, 1.82) is 0 Å². The molecule has 1 aromatic heterocycles. The lowest BCUT2D eigenvalue weighted by Gasteiger charge is -2.20. The lowest BCUT2D eigenvalue weighted by Crippen LogP contribution is -2.28. The minimum absolute atomic E-state index is 0.227. The minimum Gasteiger partial charge on any atom is -0.441 e. The van der Waals surface area contributed by atoms with Crippen LogP contribution in [0.25, 0.3) is 0 Å². The van der Waals surface area contributed by atoms with E-state index >= 15 is 0 Å². The van der Waals surface area contributed by atoms with Crippen molar-refractivity contribution < 1.29 is 14.3 Å². The van der Waals surface area contributed by atoms with Crippen molar-refractivity contribution in [1.82, 2.24) is 10.3 Å². The summed E-state index contributed by atoms with van der Waals surface area (Å²) in [5, 5.41) is 5.61. The summed E-state index contributed by atoms with van der Waals surface area (Å²) in [4.78, 5) is 28.9. The van der Waals surface area contributed by atoms with Crippen LogP contribution < -0.4 is 16.4 Å². The van der Waals surface area contributed by atoms with Gasteiger partial charge in [-0.15, -0.1) is 0 Å². The van der Waals surface area contributed by atoms with E-state index in [1.807, 2.05) is 26.0 Å². The summed E-state index contributed by atoms with van der Waals surface area (Å²) in [5.74, 6) is -0.263. The van der Waals surface area contributed by atoms with Gasteiger partial charge in [0.2, 0.25) is 0 Å². The normalized spacial score (nSPS) is 12.5. The molecular formula is C24H26N4O3. The molecule has 7 heteroatoms. The molecule has 0 aliphatic rings. The largest absolute Gasteiger partial charge is 0.441 e. The van der Waals surface area contributed by atoms with E-state index in [1.165, 1.54) is 0 Å². The van der Waals surface area contributed by atoms with Crippen molar-refractivity contribution in [3.8, 4) is 0 Å². The highest BCUT2D eigenvalue weighted by molar-refractivity contribution is 6.05. The number of nitrogen functional groups attached to an aromatic ring is 1. The first-order chi connectivity index (χ1) is 15.0. The molecule has 0 aliphatic heterocycles. The lowest BCUT2D eigenvalue weighted by molar-refractivity contribution is 0.0924. The van der Waals surface area contributed by atoms with Gasteiger partial charge in [0.15, 0.2) is 0 Å². The van der Waals surface area contributed by atoms with Crippen LogP contribution in [0.4, 0.5) is 16.2 Å². The van der Waals surface area contributed by atoms with Crippen LogP contribution >= 0.6 is 0 Å². The molecule has 160 valence electrons. The van der Waals surface area contributed by atoms with Crippen LogP contribution in [-0.2, 0) is 4.74 Å². The van der Waals surface area contributed by atoms with Gasteiger partial charge in [-0.3, -0.25) is 9.78 Å². The summed E-state index contributed by atoms with van der Waals surface area (Å²) in [5.41, 5.74) is 9.11. The molecule has 2 amide bonds. The summed E-state index contributed by atoms with van der Waals surface area (Å²) >= 11 is 0. The van der Waals surface area contributed by atoms with Gasteiger partial charge in [0.25, 0.3) is 5.91 Å². The van der Waals surface area contributed by atoms with E-state index < -0.39 is 12.2 Å². The maximum Gasteiger partial charge on any atom is 0.408 e. The van der Waals surface area contributed by atoms with Gasteiger partial charge in [-0.25, -0.2) is 4.79 Å². The average Bonchev–Trinajstić information content (AvgIpc) is 2.79. The van der Waals surface area contributed by atoms with Gasteiger partial charge < -0.3 is 21.1 Å². The fraction of sp³-hybridized carbons (Fsp3) is 0.208. The van der Waals surface area contributed by atoms with E-state index in [1.54, 1.807) is 60.9 Å². The number of para-hydroxylation sites is 2. The van der Waals surface area contributed by atoms with Crippen LogP contribution in [0.15, 0.2) is 73.1 Å². The quantitative estimate of drug-likeness (QED) is 0.475. The molecule has 0 fully saturated rings. The standard InChI is InChI=1S/C24H26N4O3/c1-3-22(31-24(30)27-16(2)19-7-6-14-26-15-19)17-10-12-18(13-11-17)23(29)28-21-9-5-4-8-20(21)25/h4-16,22H,3,25H2,1-2H3,(H,27,30)(H,28,29)/t16-,22-/m0/s1. The van der Waals surface area contributed by atoms with E-state index in [-0.39, 0.29) is 11.9 Å². The highest BCUT2D eigenvalue weighted by Crippen LogP contribution is 2.23. The van der Waals surface area contributed by atoms with Gasteiger partial charge in [-0.2, -0.15) is 0 Å². The predicted octanol–water partition coefficient (Wildman–Crippen LogP) is 4.85. The number of alkyl carbamates (subject to hydrolysis) is 1. The molecule has 0 unspecified atom stereocenters. The Balaban J connectivity index is 1.61. The Morgan fingerprint density at radius 3 is 2.42 bits per heavy atom. The van der Waals surface area contributed by atoms with Gasteiger partial charge in [-0.1, -0.05) is 37.3 Å². The van der Waals surface area contributed by atoms with Gasteiger partial charge in [-0.05, 0) is 54.8 Å². The van der Waals surface area contributed by atoms with Crippen molar-refractivity contribution in [2.75, 3.05) is 11.1 Å². The first kappa shape index (κ1) is 21.8. The van der Waals surface area contributed by atoms with Crippen molar-refractivity contribution in [2.45, 2.75) is 32.4 Å². The molecule has 7 nitrogen and oxygen atoms in total. The third kappa shape index (κ3) is 5.82. The Morgan fingerprint density at radius 2 is 1.77 bits per heavy atom. The summed E-state index contributed by atoms with van der Waals surface area (Å²) in [7, 11) is 0. The molecule has 31 heavy (non-hydrogen) atoms. The summed E-state index contributed by atoms with van der Waals surface area (Å²) in [6.07, 6.45) is 3.04. The summed E-state index contributed by atoms with van der Waals surface area (Å²) in [6.45, 7) is 3.80. The molecule has 1 heterocycles. The van der Waals surface area contributed by atoms with E-state index in [0.717, 1.165) is 11.1 Å². The van der Waals surface area contributed by atoms with Crippen LogP contribution in [0.5, 0.6) is 0 Å². The van der Waals surface area contributed by atoms with Crippen LogP contribution in [-0.4, -0.2) is 17.0 Å². The van der Waals surface area contributed by atoms with E-state index in [9.17, 15) is 9.59 Å². The second kappa shape index (κ2) is 10.2. The molecule has 2 aromatic carbocycles. The van der Waals surface area contributed by atoms with Crippen LogP contribution in [0, 0.1) is 0 Å². The highest BCUT2D eigenvalue weighted by atomic mass is 16.6. The van der Waals surface area contributed by atoms with Crippen LogP contribution in [0.1, 0.15) is 53.9 Å². The molecule has 0 saturated carbocycles. The topological polar surface area (TPSA) is 106 Å². The maximum atomic E-state index is 12.5. The Morgan fingerprint density at radius 1 is 1.03 bits per heavy atom. The van der Waals surface area contributed by atoms with Gasteiger partial charge in [0.05, 0.1) is 17.4 Å². The molecule has 0 spiro atoms. The Bertz CT molecular complexity index is 1020. The zero-order valence-corrected chi connectivity index (χ0v) is 17.5. The van der Waals surface area contributed by atoms with Crippen molar-refractivity contribution >= 4 is 23.4 Å². The van der Waals surface area contributed by atoms with E-state index in [4.69, 9.17) is 10.5 Å². The number of carbonyl (C=O) groups excluding carboxylic acids is 2. The molecule has 0 radical (unpaired) electrons. The number of hydrogen-bond donors (Lipinski definition) is 3. The number of ether oxygens (including phenoxy) is 1. The number of anilines is 2. The van der Waals surface area contributed by atoms with Gasteiger partial charge in [0, 0.05) is 18.0 Å². The van der Waals surface area contributed by atoms with E-state index in [2.05, 4.69) is 15.6 Å². The number of amides is 2. The highest BCUT2D eigenvalue weighted by Gasteiger charge is 2.18. The molecule has 0 bridgehead atoms. The molecule has 4 N–H and O–H groups in total. The Kier molecular flexibility index (Phi) is 7.22.